The van der Waals surface area contributed by atoms with Gasteiger partial charge in [-0.25, -0.2) is 4.79 Å². The molecule has 3 rings (SSSR count). The number of hydrogen-bond donors (Lipinski definition) is 1. The van der Waals surface area contributed by atoms with Crippen LogP contribution in [0.2, 0.25) is 0 Å². The Morgan fingerprint density at radius 2 is 2.25 bits per heavy atom. The van der Waals surface area contributed by atoms with Gasteiger partial charge in [0, 0.05) is 29.2 Å². The number of pyridine rings is 1. The van der Waals surface area contributed by atoms with Crippen molar-refractivity contribution in [1.82, 2.24) is 10.3 Å². The molecule has 1 aromatic rings. The second-order valence-electron chi connectivity index (χ2n) is 7.70. The summed E-state index contributed by atoms with van der Waals surface area (Å²) in [4.78, 5) is 16.7. The van der Waals surface area contributed by atoms with Gasteiger partial charge in [-0.3, -0.25) is 4.98 Å². The number of carbonyl (C=O) groups excluding carboxylic acids is 1. The van der Waals surface area contributed by atoms with Gasteiger partial charge in [-0.05, 0) is 68.1 Å². The van der Waals surface area contributed by atoms with Crippen molar-refractivity contribution < 1.29 is 14.3 Å². The molecule has 6 heteroatoms. The van der Waals surface area contributed by atoms with Crippen LogP contribution in [0.15, 0.2) is 22.8 Å². The third kappa shape index (κ3) is 3.81. The van der Waals surface area contributed by atoms with E-state index in [0.29, 0.717) is 12.0 Å². The maximum Gasteiger partial charge on any atom is 0.332 e. The van der Waals surface area contributed by atoms with Crippen molar-refractivity contribution in [3.63, 3.8) is 0 Å². The van der Waals surface area contributed by atoms with Crippen molar-refractivity contribution >= 4 is 21.9 Å². The second-order valence-corrected chi connectivity index (χ2v) is 8.62. The van der Waals surface area contributed by atoms with Crippen LogP contribution in [0.1, 0.15) is 45.7 Å². The zero-order chi connectivity index (χ0) is 17.4. The van der Waals surface area contributed by atoms with Crippen LogP contribution in [0.5, 0.6) is 0 Å². The predicted molar refractivity (Wildman–Crippen MR) is 94.5 cm³/mol. The minimum atomic E-state index is -0.516. The highest BCUT2D eigenvalue weighted by Gasteiger charge is 2.50. The van der Waals surface area contributed by atoms with Crippen molar-refractivity contribution in [3.05, 3.63) is 28.5 Å². The highest BCUT2D eigenvalue weighted by molar-refractivity contribution is 9.10. The number of fused-ring (bicyclic) bond motifs is 2. The van der Waals surface area contributed by atoms with Crippen LogP contribution in [0.25, 0.3) is 0 Å². The molecule has 2 heterocycles. The monoisotopic (exact) mass is 396 g/mol. The quantitative estimate of drug-likeness (QED) is 0.791. The summed E-state index contributed by atoms with van der Waals surface area (Å²) >= 11 is 3.43. The number of hydrogen-bond acceptors (Lipinski definition) is 5. The Hall–Kier alpha value is -0.980. The molecule has 5 nitrogen and oxygen atoms in total. The molecule has 1 aromatic heterocycles. The van der Waals surface area contributed by atoms with Crippen molar-refractivity contribution in [2.45, 2.75) is 57.3 Å². The van der Waals surface area contributed by atoms with Crippen molar-refractivity contribution in [3.8, 4) is 0 Å². The number of carbonyl (C=O) groups is 1. The van der Waals surface area contributed by atoms with E-state index in [0.717, 1.165) is 36.0 Å². The van der Waals surface area contributed by atoms with Gasteiger partial charge >= 0.3 is 5.97 Å². The molecular weight excluding hydrogens is 372 g/mol. The Balaban J connectivity index is 1.80. The molecule has 3 atom stereocenters. The van der Waals surface area contributed by atoms with Crippen molar-refractivity contribution in [2.24, 2.45) is 5.92 Å². The first-order valence-electron chi connectivity index (χ1n) is 8.50. The molecule has 1 aliphatic heterocycles. The molecule has 2 aliphatic rings. The highest BCUT2D eigenvalue weighted by atomic mass is 79.9. The molecule has 0 radical (unpaired) electrons. The van der Waals surface area contributed by atoms with Gasteiger partial charge in [0.2, 0.25) is 0 Å². The third-order valence-corrected chi connectivity index (χ3v) is 5.24. The van der Waals surface area contributed by atoms with Crippen LogP contribution in [0.4, 0.5) is 0 Å². The normalized spacial score (nSPS) is 29.5. The Bertz CT molecular complexity index is 599. The summed E-state index contributed by atoms with van der Waals surface area (Å²) in [7, 11) is 0. The van der Waals surface area contributed by atoms with E-state index in [9.17, 15) is 4.79 Å². The Morgan fingerprint density at radius 1 is 1.46 bits per heavy atom. The maximum atomic E-state index is 12.1. The van der Waals surface area contributed by atoms with E-state index >= 15 is 0 Å². The van der Waals surface area contributed by atoms with Crippen LogP contribution >= 0.6 is 15.9 Å². The van der Waals surface area contributed by atoms with Crippen molar-refractivity contribution in [1.29, 1.82) is 0 Å². The van der Waals surface area contributed by atoms with Crippen LogP contribution in [0.3, 0.4) is 0 Å². The first-order valence-corrected chi connectivity index (χ1v) is 9.29. The van der Waals surface area contributed by atoms with Gasteiger partial charge in [0.05, 0.1) is 5.69 Å². The Morgan fingerprint density at radius 3 is 2.92 bits per heavy atom. The lowest BCUT2D eigenvalue weighted by molar-refractivity contribution is -0.174. The predicted octanol–water partition coefficient (Wildman–Crippen LogP) is 3.17. The third-order valence-electron chi connectivity index (χ3n) is 4.77. The average molecular weight is 397 g/mol. The van der Waals surface area contributed by atoms with Crippen LogP contribution in [-0.2, 0) is 19.9 Å². The van der Waals surface area contributed by atoms with Gasteiger partial charge in [-0.1, -0.05) is 0 Å². The molecule has 24 heavy (non-hydrogen) atoms. The summed E-state index contributed by atoms with van der Waals surface area (Å²) in [5.74, 6) is -0.000529. The van der Waals surface area contributed by atoms with E-state index in [2.05, 4.69) is 26.2 Å². The summed E-state index contributed by atoms with van der Waals surface area (Å²) in [5, 5.41) is 3.55. The van der Waals surface area contributed by atoms with E-state index in [1.165, 1.54) is 0 Å². The zero-order valence-corrected chi connectivity index (χ0v) is 16.1. The van der Waals surface area contributed by atoms with Gasteiger partial charge in [0.25, 0.3) is 0 Å². The summed E-state index contributed by atoms with van der Waals surface area (Å²) in [6.07, 6.45) is 4.75. The number of esters is 1. The largest absolute Gasteiger partial charge is 0.458 e. The topological polar surface area (TPSA) is 60.5 Å². The van der Waals surface area contributed by atoms with E-state index in [4.69, 9.17) is 9.47 Å². The lowest BCUT2D eigenvalue weighted by Crippen LogP contribution is -2.44. The number of aromatic nitrogens is 1. The first kappa shape index (κ1) is 17.8. The fourth-order valence-corrected chi connectivity index (χ4v) is 4.01. The number of nitrogens with zero attached hydrogens (tertiary/aromatic N) is 1. The van der Waals surface area contributed by atoms with Gasteiger partial charge < -0.3 is 14.8 Å². The highest BCUT2D eigenvalue weighted by Crippen LogP contribution is 2.46. The van der Waals surface area contributed by atoms with E-state index in [1.54, 1.807) is 6.20 Å². The van der Waals surface area contributed by atoms with Crippen LogP contribution in [0, 0.1) is 5.92 Å². The standard InChI is InChI=1S/C18H25BrN2O3/c1-17(2,3)24-16(22)11-23-18(15-5-4-13(19)10-21-15)7-6-14-8-12(18)9-20-14/h4-5,10,12,14,20H,6-9,11H2,1-3H3. The molecule has 2 fully saturated rings. The molecule has 2 bridgehead atoms. The fourth-order valence-electron chi connectivity index (χ4n) is 3.77. The van der Waals surface area contributed by atoms with Gasteiger partial charge in [0.1, 0.15) is 17.8 Å². The Kier molecular flexibility index (Phi) is 5.00. The van der Waals surface area contributed by atoms with Gasteiger partial charge in [-0.2, -0.15) is 0 Å². The smallest absolute Gasteiger partial charge is 0.332 e. The molecule has 1 saturated carbocycles. The first-order chi connectivity index (χ1) is 11.3. The molecule has 132 valence electrons. The molecule has 1 saturated heterocycles. The number of nitrogens with one attached hydrogen (secondary N) is 1. The molecule has 1 N–H and O–H groups in total. The fraction of sp³-hybridized carbons (Fsp3) is 0.667. The van der Waals surface area contributed by atoms with Crippen LogP contribution in [-0.4, -0.2) is 35.7 Å². The van der Waals surface area contributed by atoms with Crippen LogP contribution < -0.4 is 5.32 Å². The summed E-state index contributed by atoms with van der Waals surface area (Å²) < 4.78 is 12.6. The lowest BCUT2D eigenvalue weighted by atomic mass is 9.74. The molecular formula is C18H25BrN2O3. The Labute approximate surface area is 151 Å². The van der Waals surface area contributed by atoms with E-state index in [1.807, 2.05) is 32.9 Å². The van der Waals surface area contributed by atoms with E-state index in [-0.39, 0.29) is 12.6 Å². The van der Waals surface area contributed by atoms with Crippen molar-refractivity contribution in [2.75, 3.05) is 13.2 Å². The second kappa shape index (κ2) is 6.73. The molecule has 3 unspecified atom stereocenters. The molecule has 0 amide bonds. The summed E-state index contributed by atoms with van der Waals surface area (Å²) in [6, 6.07) is 4.54. The summed E-state index contributed by atoms with van der Waals surface area (Å²) in [6.45, 7) is 6.45. The molecule has 0 aromatic carbocycles. The zero-order valence-electron chi connectivity index (χ0n) is 14.5. The lowest BCUT2D eigenvalue weighted by Gasteiger charge is -2.41. The minimum Gasteiger partial charge on any atom is -0.458 e. The number of rotatable bonds is 4. The SMILES string of the molecule is CC(C)(C)OC(=O)COC1(c2ccc(Br)cn2)CCC2CC1CN2. The van der Waals surface area contributed by atoms with E-state index < -0.39 is 11.2 Å². The van der Waals surface area contributed by atoms with Gasteiger partial charge in [0.15, 0.2) is 0 Å². The minimum absolute atomic E-state index is 0.0455. The summed E-state index contributed by atoms with van der Waals surface area (Å²) in [5.41, 5.74) is -0.116. The molecule has 0 spiro atoms. The number of halogens is 1. The number of ether oxygens (including phenoxy) is 2. The molecule has 1 aliphatic carbocycles. The van der Waals surface area contributed by atoms with Gasteiger partial charge in [-0.15, -0.1) is 0 Å². The average Bonchev–Trinajstić information content (AvgIpc) is 2.90. The maximum absolute atomic E-state index is 12.1.